The van der Waals surface area contributed by atoms with Gasteiger partial charge in [-0.1, -0.05) is 45.9 Å². The highest BCUT2D eigenvalue weighted by Gasteiger charge is 2.31. The van der Waals surface area contributed by atoms with E-state index in [0.717, 1.165) is 12.0 Å². The number of amides is 3. The zero-order chi connectivity index (χ0) is 29.5. The molecule has 0 aliphatic rings. The van der Waals surface area contributed by atoms with Gasteiger partial charge in [-0.3, -0.25) is 19.2 Å². The van der Waals surface area contributed by atoms with Crippen LogP contribution in [-0.4, -0.2) is 42.7 Å². The molecule has 2 aromatic carbocycles. The molecule has 3 amide bonds. The molecule has 212 valence electrons. The lowest BCUT2D eigenvalue weighted by molar-refractivity contribution is -0.137. The van der Waals surface area contributed by atoms with Crippen LogP contribution in [-0.2, 0) is 24.6 Å². The van der Waals surface area contributed by atoms with Crippen LogP contribution in [0.3, 0.4) is 0 Å². The molecule has 2 atom stereocenters. The molecule has 0 radical (unpaired) electrons. The number of rotatable bonds is 11. The third kappa shape index (κ3) is 7.55. The van der Waals surface area contributed by atoms with E-state index in [4.69, 9.17) is 0 Å². The first-order valence-electron chi connectivity index (χ1n) is 12.2. The van der Waals surface area contributed by atoms with Gasteiger partial charge in [0.25, 0.3) is 0 Å². The van der Waals surface area contributed by atoms with Gasteiger partial charge < -0.3 is 20.7 Å². The molecular weight excluding hydrogens is 522 g/mol. The van der Waals surface area contributed by atoms with Crippen LogP contribution >= 0.6 is 0 Å². The van der Waals surface area contributed by atoms with Crippen LogP contribution < -0.4 is 20.7 Å². The first-order chi connectivity index (χ1) is 18.2. The molecule has 0 aromatic heterocycles. The first-order valence-corrected chi connectivity index (χ1v) is 12.2. The summed E-state index contributed by atoms with van der Waals surface area (Å²) in [6.07, 6.45) is 0.787. The predicted octanol–water partition coefficient (Wildman–Crippen LogP) is 3.77. The van der Waals surface area contributed by atoms with E-state index in [-0.39, 0.29) is 17.4 Å². The fraction of sp³-hybridized carbons (Fsp3) is 0.407. The van der Waals surface area contributed by atoms with Gasteiger partial charge in [0.15, 0.2) is 23.2 Å². The fourth-order valence-electron chi connectivity index (χ4n) is 3.74. The maximum absolute atomic E-state index is 13.7. The van der Waals surface area contributed by atoms with Crippen molar-refractivity contribution in [2.45, 2.75) is 52.5 Å². The van der Waals surface area contributed by atoms with Gasteiger partial charge in [0.05, 0.1) is 12.6 Å². The lowest BCUT2D eigenvalue weighted by Crippen LogP contribution is -2.47. The highest BCUT2D eigenvalue weighted by molar-refractivity contribution is 6.40. The van der Waals surface area contributed by atoms with Crippen LogP contribution in [0.15, 0.2) is 30.3 Å². The minimum atomic E-state index is -1.81. The Morgan fingerprint density at radius 1 is 0.949 bits per heavy atom. The van der Waals surface area contributed by atoms with Gasteiger partial charge in [-0.25, -0.2) is 8.78 Å². The van der Waals surface area contributed by atoms with Crippen LogP contribution in [0, 0.1) is 29.2 Å². The Labute approximate surface area is 223 Å². The van der Waals surface area contributed by atoms with Crippen molar-refractivity contribution in [1.82, 2.24) is 10.6 Å². The van der Waals surface area contributed by atoms with Crippen LogP contribution in [0.25, 0.3) is 0 Å². The Morgan fingerprint density at radius 2 is 1.54 bits per heavy atom. The van der Waals surface area contributed by atoms with Crippen molar-refractivity contribution in [3.8, 4) is 5.75 Å². The number of ketones is 1. The first kappa shape index (κ1) is 31.3. The molecule has 12 heteroatoms. The summed E-state index contributed by atoms with van der Waals surface area (Å²) in [5.41, 5.74) is 1.05. The molecule has 8 nitrogen and oxygen atoms in total. The summed E-state index contributed by atoms with van der Waals surface area (Å²) in [5.74, 6) is -12.1. The maximum atomic E-state index is 13.7. The predicted molar refractivity (Wildman–Crippen MR) is 135 cm³/mol. The third-order valence-electron chi connectivity index (χ3n) is 6.71. The van der Waals surface area contributed by atoms with Gasteiger partial charge >= 0.3 is 11.8 Å². The molecule has 2 unspecified atom stereocenters. The van der Waals surface area contributed by atoms with Crippen molar-refractivity contribution in [1.29, 1.82) is 0 Å². The fourth-order valence-corrected chi connectivity index (χ4v) is 3.74. The number of ether oxygens (including phenoxy) is 1. The number of anilines is 1. The number of halogens is 4. The van der Waals surface area contributed by atoms with Crippen LogP contribution in [0.5, 0.6) is 5.75 Å². The van der Waals surface area contributed by atoms with E-state index >= 15 is 0 Å². The van der Waals surface area contributed by atoms with Crippen LogP contribution in [0.2, 0.25) is 0 Å². The molecule has 0 fully saturated rings. The highest BCUT2D eigenvalue weighted by Crippen LogP contribution is 2.39. The molecule has 0 saturated heterocycles. The topological polar surface area (TPSA) is 114 Å². The van der Waals surface area contributed by atoms with Gasteiger partial charge in [0, 0.05) is 11.8 Å². The Kier molecular flexibility index (Phi) is 10.6. The van der Waals surface area contributed by atoms with Gasteiger partial charge in [0.1, 0.15) is 6.61 Å². The lowest BCUT2D eigenvalue weighted by atomic mass is 9.71. The van der Waals surface area contributed by atoms with Crippen molar-refractivity contribution in [2.24, 2.45) is 5.92 Å². The molecule has 0 bridgehead atoms. The average molecular weight is 554 g/mol. The summed E-state index contributed by atoms with van der Waals surface area (Å²) in [4.78, 5) is 49.1. The highest BCUT2D eigenvalue weighted by atomic mass is 19.2. The Bertz CT molecular complexity index is 1230. The second kappa shape index (κ2) is 13.2. The maximum Gasteiger partial charge on any atom is 0.313 e. The Hall–Kier alpha value is -3.96. The largest absolute Gasteiger partial charge is 0.479 e. The summed E-state index contributed by atoms with van der Waals surface area (Å²) in [6, 6.07) is 5.83. The summed E-state index contributed by atoms with van der Waals surface area (Å²) < 4.78 is 58.4. The number of Topliss-reactive ketones (excluding diaryl/α,β-unsaturated/α-hetero) is 1. The number of carbonyl (C=O) groups excluding carboxylic acids is 4. The molecule has 0 aliphatic carbocycles. The lowest BCUT2D eigenvalue weighted by Gasteiger charge is -2.35. The molecule has 0 heterocycles. The summed E-state index contributed by atoms with van der Waals surface area (Å²) in [5, 5.41) is 6.92. The van der Waals surface area contributed by atoms with Gasteiger partial charge in [-0.2, -0.15) is 8.78 Å². The molecule has 39 heavy (non-hydrogen) atoms. The quantitative estimate of drug-likeness (QED) is 0.223. The summed E-state index contributed by atoms with van der Waals surface area (Å²) in [6.45, 7) is 7.74. The number of nitrogens with one attached hydrogen (secondary N) is 3. The number of para-hydroxylation sites is 1. The monoisotopic (exact) mass is 553 g/mol. The van der Waals surface area contributed by atoms with Gasteiger partial charge in [-0.05, 0) is 36.3 Å². The standard InChI is InChI=1S/C27H31F4N3O5/c1-6-27(5,14(2)3)16-9-7-8-10-19(16)34-26(38)25(37)32-12-21(36)33-15(4)20(35)13-39-24-22(30)17(28)11-18(29)23(24)31/h7-11,14-15H,6,12-13H2,1-5H3,(H,32,37)(H,33,36)(H,34,38). The van der Waals surface area contributed by atoms with E-state index in [2.05, 4.69) is 41.5 Å². The van der Waals surface area contributed by atoms with E-state index in [1.54, 1.807) is 12.1 Å². The summed E-state index contributed by atoms with van der Waals surface area (Å²) in [7, 11) is 0. The minimum Gasteiger partial charge on any atom is -0.479 e. The molecular formula is C27H31F4N3O5. The van der Waals surface area contributed by atoms with Crippen LogP contribution in [0.1, 0.15) is 46.6 Å². The van der Waals surface area contributed by atoms with Crippen molar-refractivity contribution < 1.29 is 41.5 Å². The van der Waals surface area contributed by atoms with E-state index in [0.29, 0.717) is 5.69 Å². The minimum absolute atomic E-state index is 0.0106. The number of carbonyl (C=O) groups is 4. The van der Waals surface area contributed by atoms with Gasteiger partial charge in [0.2, 0.25) is 17.5 Å². The second-order valence-electron chi connectivity index (χ2n) is 9.45. The normalized spacial score (nSPS) is 13.3. The Morgan fingerprint density at radius 3 is 2.10 bits per heavy atom. The molecule has 2 rings (SSSR count). The number of benzene rings is 2. The number of hydrogen-bond acceptors (Lipinski definition) is 5. The van der Waals surface area contributed by atoms with E-state index < -0.39 is 71.7 Å². The van der Waals surface area contributed by atoms with Crippen molar-refractivity contribution in [3.63, 3.8) is 0 Å². The SMILES string of the molecule is CCC(C)(c1ccccc1NC(=O)C(=O)NCC(=O)NC(C)C(=O)COc1c(F)c(F)cc(F)c1F)C(C)C. The zero-order valence-electron chi connectivity index (χ0n) is 22.2. The van der Waals surface area contributed by atoms with Crippen molar-refractivity contribution in [3.05, 3.63) is 59.2 Å². The van der Waals surface area contributed by atoms with Gasteiger partial charge in [-0.15, -0.1) is 0 Å². The molecule has 0 aliphatic heterocycles. The van der Waals surface area contributed by atoms with Crippen molar-refractivity contribution in [2.75, 3.05) is 18.5 Å². The number of hydrogen-bond donors (Lipinski definition) is 3. The third-order valence-corrected chi connectivity index (χ3v) is 6.71. The van der Waals surface area contributed by atoms with E-state index in [1.807, 2.05) is 19.1 Å². The molecule has 3 N–H and O–H groups in total. The van der Waals surface area contributed by atoms with Crippen LogP contribution in [0.4, 0.5) is 23.2 Å². The zero-order valence-corrected chi connectivity index (χ0v) is 22.2. The molecule has 0 saturated carbocycles. The van der Waals surface area contributed by atoms with E-state index in [1.165, 1.54) is 6.92 Å². The smallest absolute Gasteiger partial charge is 0.313 e. The summed E-state index contributed by atoms with van der Waals surface area (Å²) >= 11 is 0. The molecule has 2 aromatic rings. The molecule has 0 spiro atoms. The van der Waals surface area contributed by atoms with E-state index in [9.17, 15) is 36.7 Å². The Balaban J connectivity index is 1.91. The second-order valence-corrected chi connectivity index (χ2v) is 9.45. The van der Waals surface area contributed by atoms with Crippen molar-refractivity contribution >= 4 is 29.2 Å². The average Bonchev–Trinajstić information content (AvgIpc) is 2.89.